The minimum Gasteiger partial charge on any atom is -0.492 e. The zero-order chi connectivity index (χ0) is 14.8. The number of rotatable bonds is 4. The first-order chi connectivity index (χ1) is 10.2. The summed E-state index contributed by atoms with van der Waals surface area (Å²) < 4.78 is 7.71. The number of nitrogens with zero attached hydrogens (tertiary/aromatic N) is 2. The maximum absolute atomic E-state index is 6.13. The van der Waals surface area contributed by atoms with Gasteiger partial charge in [0, 0.05) is 5.02 Å². The zero-order valence-corrected chi connectivity index (χ0v) is 13.0. The number of fused-ring (bicyclic) bond motifs is 1. The molecule has 108 valence electrons. The van der Waals surface area contributed by atoms with Crippen LogP contribution < -0.4 is 4.74 Å². The second-order valence-electron chi connectivity index (χ2n) is 4.53. The Morgan fingerprint density at radius 1 is 1.19 bits per heavy atom. The van der Waals surface area contributed by atoms with Crippen molar-refractivity contribution >= 4 is 34.2 Å². The minimum atomic E-state index is 0.312. The number of halogens is 2. The fraction of sp³-hybridized carbons (Fsp3) is 0.188. The molecule has 5 heteroatoms. The molecule has 0 aliphatic heterocycles. The minimum absolute atomic E-state index is 0.312. The molecule has 0 radical (unpaired) electrons. The lowest BCUT2D eigenvalue weighted by atomic mass is 10.2. The van der Waals surface area contributed by atoms with Gasteiger partial charge in [-0.05, 0) is 37.3 Å². The fourth-order valence-corrected chi connectivity index (χ4v) is 2.72. The summed E-state index contributed by atoms with van der Waals surface area (Å²) in [6, 6.07) is 13.5. The molecule has 3 nitrogen and oxygen atoms in total. The van der Waals surface area contributed by atoms with Crippen LogP contribution in [0.15, 0.2) is 42.5 Å². The molecule has 0 aliphatic rings. The molecule has 0 unspecified atom stereocenters. The van der Waals surface area contributed by atoms with Crippen LogP contribution in [0.25, 0.3) is 16.7 Å². The third-order valence-corrected chi connectivity index (χ3v) is 3.69. The Hall–Kier alpha value is -1.71. The van der Waals surface area contributed by atoms with E-state index in [2.05, 4.69) is 4.98 Å². The molecule has 0 atom stereocenters. The number of aromatic nitrogens is 2. The summed E-state index contributed by atoms with van der Waals surface area (Å²) >= 11 is 12.2. The van der Waals surface area contributed by atoms with Crippen molar-refractivity contribution in [3.8, 4) is 11.4 Å². The van der Waals surface area contributed by atoms with Crippen LogP contribution in [0.5, 0.6) is 5.75 Å². The zero-order valence-electron chi connectivity index (χ0n) is 11.5. The van der Waals surface area contributed by atoms with E-state index in [1.165, 1.54) is 0 Å². The summed E-state index contributed by atoms with van der Waals surface area (Å²) in [4.78, 5) is 4.57. The predicted octanol–water partition coefficient (Wildman–Crippen LogP) is 4.82. The van der Waals surface area contributed by atoms with Crippen molar-refractivity contribution in [2.24, 2.45) is 0 Å². The van der Waals surface area contributed by atoms with E-state index in [1.54, 1.807) is 0 Å². The van der Waals surface area contributed by atoms with Crippen molar-refractivity contribution in [1.29, 1.82) is 0 Å². The van der Waals surface area contributed by atoms with Crippen LogP contribution in [0.3, 0.4) is 0 Å². The molecule has 0 bridgehead atoms. The molecule has 0 saturated carbocycles. The van der Waals surface area contributed by atoms with Crippen molar-refractivity contribution in [3.63, 3.8) is 0 Å². The lowest BCUT2D eigenvalue weighted by Crippen LogP contribution is -2.03. The maximum Gasteiger partial charge on any atom is 0.143 e. The molecule has 3 rings (SSSR count). The highest BCUT2D eigenvalue weighted by molar-refractivity contribution is 6.31. The Kier molecular flexibility index (Phi) is 4.04. The van der Waals surface area contributed by atoms with Gasteiger partial charge in [-0.15, -0.1) is 11.6 Å². The monoisotopic (exact) mass is 320 g/mol. The number of hydrogen-bond donors (Lipinski definition) is 0. The number of ether oxygens (including phenoxy) is 1. The van der Waals surface area contributed by atoms with Gasteiger partial charge in [-0.25, -0.2) is 4.98 Å². The average molecular weight is 321 g/mol. The van der Waals surface area contributed by atoms with Gasteiger partial charge < -0.3 is 4.74 Å². The molecule has 1 heterocycles. The molecular formula is C16H14Cl2N2O. The quantitative estimate of drug-likeness (QED) is 0.644. The number of hydrogen-bond acceptors (Lipinski definition) is 2. The van der Waals surface area contributed by atoms with Crippen LogP contribution in [0.1, 0.15) is 12.7 Å². The Bertz CT molecular complexity index is 783. The molecule has 0 saturated heterocycles. The van der Waals surface area contributed by atoms with E-state index in [-0.39, 0.29) is 0 Å². The third kappa shape index (κ3) is 2.59. The molecule has 1 aromatic heterocycles. The van der Waals surface area contributed by atoms with Gasteiger partial charge >= 0.3 is 0 Å². The Morgan fingerprint density at radius 2 is 2.00 bits per heavy atom. The largest absolute Gasteiger partial charge is 0.492 e. The predicted molar refractivity (Wildman–Crippen MR) is 86.8 cm³/mol. The van der Waals surface area contributed by atoms with Crippen LogP contribution >= 0.6 is 23.2 Å². The van der Waals surface area contributed by atoms with E-state index >= 15 is 0 Å². The summed E-state index contributed by atoms with van der Waals surface area (Å²) in [6.07, 6.45) is 0. The van der Waals surface area contributed by atoms with Crippen molar-refractivity contribution in [2.75, 3.05) is 6.61 Å². The first-order valence-electron chi connectivity index (χ1n) is 6.69. The highest BCUT2D eigenvalue weighted by atomic mass is 35.5. The van der Waals surface area contributed by atoms with Crippen molar-refractivity contribution < 1.29 is 4.74 Å². The highest BCUT2D eigenvalue weighted by Gasteiger charge is 2.15. The number of alkyl halides is 1. The fourth-order valence-electron chi connectivity index (χ4n) is 2.38. The van der Waals surface area contributed by atoms with Gasteiger partial charge in [0.15, 0.2) is 0 Å². The summed E-state index contributed by atoms with van der Waals surface area (Å²) in [6.45, 7) is 2.56. The molecule has 0 spiro atoms. The summed E-state index contributed by atoms with van der Waals surface area (Å²) in [7, 11) is 0. The smallest absolute Gasteiger partial charge is 0.143 e. The molecular weight excluding hydrogens is 307 g/mol. The topological polar surface area (TPSA) is 27.1 Å². The molecule has 0 fully saturated rings. The first kappa shape index (κ1) is 14.2. The Morgan fingerprint density at radius 3 is 2.76 bits per heavy atom. The van der Waals surface area contributed by atoms with Crippen molar-refractivity contribution in [1.82, 2.24) is 9.55 Å². The van der Waals surface area contributed by atoms with Gasteiger partial charge in [0.05, 0.1) is 29.2 Å². The lowest BCUT2D eigenvalue weighted by Gasteiger charge is -2.13. The summed E-state index contributed by atoms with van der Waals surface area (Å²) in [5.74, 6) is 1.87. The summed E-state index contributed by atoms with van der Waals surface area (Å²) in [5.41, 5.74) is 2.70. The van der Waals surface area contributed by atoms with E-state index in [0.717, 1.165) is 28.3 Å². The van der Waals surface area contributed by atoms with Crippen LogP contribution in [0.2, 0.25) is 5.02 Å². The maximum atomic E-state index is 6.13. The Balaban J connectivity index is 2.30. The molecule has 0 amide bonds. The molecule has 21 heavy (non-hydrogen) atoms. The van der Waals surface area contributed by atoms with Crippen LogP contribution in [0, 0.1) is 0 Å². The second-order valence-corrected chi connectivity index (χ2v) is 5.23. The average Bonchev–Trinajstić information content (AvgIpc) is 2.86. The van der Waals surface area contributed by atoms with Crippen LogP contribution in [-0.2, 0) is 5.88 Å². The van der Waals surface area contributed by atoms with Gasteiger partial charge in [0.1, 0.15) is 11.6 Å². The van der Waals surface area contributed by atoms with Gasteiger partial charge in [0.25, 0.3) is 0 Å². The van der Waals surface area contributed by atoms with Crippen LogP contribution in [0.4, 0.5) is 0 Å². The summed E-state index contributed by atoms with van der Waals surface area (Å²) in [5, 5.41) is 0.665. The van der Waals surface area contributed by atoms with E-state index in [1.807, 2.05) is 54.0 Å². The number of benzene rings is 2. The Labute approximate surface area is 133 Å². The second kappa shape index (κ2) is 5.96. The lowest BCUT2D eigenvalue weighted by molar-refractivity contribution is 0.339. The van der Waals surface area contributed by atoms with Gasteiger partial charge in [-0.1, -0.05) is 23.7 Å². The van der Waals surface area contributed by atoms with E-state index in [0.29, 0.717) is 17.5 Å². The van der Waals surface area contributed by atoms with Crippen molar-refractivity contribution in [3.05, 3.63) is 53.3 Å². The third-order valence-electron chi connectivity index (χ3n) is 3.21. The SMILES string of the molecule is CCOc1ccccc1-n1c(CCl)nc2ccc(Cl)cc21. The number of para-hydroxylation sites is 2. The van der Waals surface area contributed by atoms with E-state index < -0.39 is 0 Å². The molecule has 3 aromatic rings. The molecule has 0 N–H and O–H groups in total. The molecule has 0 aliphatic carbocycles. The van der Waals surface area contributed by atoms with Gasteiger partial charge in [-0.3, -0.25) is 4.57 Å². The normalized spacial score (nSPS) is 11.0. The van der Waals surface area contributed by atoms with Crippen molar-refractivity contribution in [2.45, 2.75) is 12.8 Å². The standard InChI is InChI=1S/C16H14Cl2N2O/c1-2-21-15-6-4-3-5-13(15)20-14-9-11(18)7-8-12(14)19-16(20)10-17/h3-9H,2,10H2,1H3. The van der Waals surface area contributed by atoms with Gasteiger partial charge in [0.2, 0.25) is 0 Å². The van der Waals surface area contributed by atoms with Crippen LogP contribution in [-0.4, -0.2) is 16.2 Å². The molecule has 2 aromatic carbocycles. The van der Waals surface area contributed by atoms with E-state index in [4.69, 9.17) is 27.9 Å². The highest BCUT2D eigenvalue weighted by Crippen LogP contribution is 2.30. The van der Waals surface area contributed by atoms with Gasteiger partial charge in [-0.2, -0.15) is 0 Å². The van der Waals surface area contributed by atoms with E-state index in [9.17, 15) is 0 Å². The number of imidazole rings is 1. The first-order valence-corrected chi connectivity index (χ1v) is 7.61.